The number of hydrogen-bond donors (Lipinski definition) is 2. The van der Waals surface area contributed by atoms with E-state index in [2.05, 4.69) is 5.32 Å². The maximum atomic E-state index is 12.2. The second-order valence-corrected chi connectivity index (χ2v) is 9.27. The summed E-state index contributed by atoms with van der Waals surface area (Å²) in [5, 5.41) is 24.1. The second-order valence-electron chi connectivity index (χ2n) is 6.58. The molecule has 5 atom stereocenters. The van der Waals surface area contributed by atoms with Crippen LogP contribution in [0, 0.1) is 5.92 Å². The summed E-state index contributed by atoms with van der Waals surface area (Å²) in [6, 6.07) is -0.283. The van der Waals surface area contributed by atoms with Crippen molar-refractivity contribution in [2.45, 2.75) is 36.1 Å². The lowest BCUT2D eigenvalue weighted by Gasteiger charge is -2.44. The Labute approximate surface area is 154 Å². The highest BCUT2D eigenvalue weighted by Gasteiger charge is 2.56. The molecule has 0 bridgehead atoms. The van der Waals surface area contributed by atoms with E-state index in [1.54, 1.807) is 14.1 Å². The van der Waals surface area contributed by atoms with Gasteiger partial charge in [0.25, 0.3) is 0 Å². The van der Waals surface area contributed by atoms with E-state index in [1.165, 1.54) is 40.2 Å². The van der Waals surface area contributed by atoms with E-state index in [0.717, 1.165) is 0 Å². The molecule has 0 saturated carbocycles. The molecular weight excluding hydrogens is 366 g/mol. The highest BCUT2D eigenvalue weighted by molar-refractivity contribution is 8.23. The Hall–Kier alpha value is -1.23. The number of rotatable bonds is 5. The summed E-state index contributed by atoms with van der Waals surface area (Å²) >= 11 is 2.64. The fourth-order valence-corrected chi connectivity index (χ4v) is 6.58. The molecule has 2 amide bonds. The SMILES string of the molecule is C[C@@H](O)[C@H]1C(=O)N2C(C(=O)[O-])=C(S[C@@H]3CN[C@H](C(=O)N(C)C)C3)S[C@H]12. The zero-order chi connectivity index (χ0) is 18.5. The number of likely N-dealkylation sites (N-methyl/N-ethyl adjacent to an activating group) is 1. The van der Waals surface area contributed by atoms with Crippen molar-refractivity contribution in [1.29, 1.82) is 0 Å². The molecule has 0 spiro atoms. The van der Waals surface area contributed by atoms with Gasteiger partial charge in [0.05, 0.1) is 34.0 Å². The first kappa shape index (κ1) is 18.6. The number of nitrogens with zero attached hydrogens (tertiary/aromatic N) is 2. The van der Waals surface area contributed by atoms with Crippen LogP contribution in [0.1, 0.15) is 13.3 Å². The van der Waals surface area contributed by atoms with Crippen molar-refractivity contribution in [1.82, 2.24) is 15.1 Å². The number of β-lactam (4-membered cyclic amide) rings is 1. The number of carboxylic acid groups (broad SMARTS) is 1. The number of carbonyl (C=O) groups excluding carboxylic acids is 3. The minimum absolute atomic E-state index is 0.00977. The quantitative estimate of drug-likeness (QED) is 0.542. The Morgan fingerprint density at radius 3 is 2.72 bits per heavy atom. The lowest BCUT2D eigenvalue weighted by Crippen LogP contribution is -2.61. The number of hydrogen-bond acceptors (Lipinski definition) is 8. The Bertz CT molecular complexity index is 651. The monoisotopic (exact) mass is 386 g/mol. The normalized spacial score (nSPS) is 32.5. The third kappa shape index (κ3) is 3.16. The topological polar surface area (TPSA) is 113 Å². The van der Waals surface area contributed by atoms with Crippen molar-refractivity contribution in [3.05, 3.63) is 9.93 Å². The summed E-state index contributed by atoms with van der Waals surface area (Å²) in [6.07, 6.45) is -0.242. The van der Waals surface area contributed by atoms with Gasteiger partial charge in [0.15, 0.2) is 0 Å². The van der Waals surface area contributed by atoms with Crippen LogP contribution < -0.4 is 10.4 Å². The van der Waals surface area contributed by atoms with Crippen molar-refractivity contribution in [3.63, 3.8) is 0 Å². The zero-order valence-corrected chi connectivity index (χ0v) is 15.7. The average molecular weight is 386 g/mol. The molecule has 3 aliphatic rings. The van der Waals surface area contributed by atoms with Crippen LogP contribution >= 0.6 is 23.5 Å². The fourth-order valence-electron chi connectivity index (χ4n) is 3.27. The first-order chi connectivity index (χ1) is 11.7. The highest BCUT2D eigenvalue weighted by atomic mass is 32.2. The maximum Gasteiger partial charge on any atom is 0.239 e. The molecule has 0 aromatic rings. The molecular formula is C15H20N3O5S2-. The van der Waals surface area contributed by atoms with E-state index in [1.807, 2.05) is 0 Å². The number of carboxylic acids is 1. The van der Waals surface area contributed by atoms with Gasteiger partial charge in [0, 0.05) is 25.9 Å². The van der Waals surface area contributed by atoms with Gasteiger partial charge in [-0.3, -0.25) is 14.5 Å². The summed E-state index contributed by atoms with van der Waals surface area (Å²) in [7, 11) is 3.39. The lowest BCUT2D eigenvalue weighted by atomic mass is 9.92. The first-order valence-corrected chi connectivity index (χ1v) is 9.73. The molecule has 138 valence electrons. The van der Waals surface area contributed by atoms with Crippen molar-refractivity contribution in [3.8, 4) is 0 Å². The van der Waals surface area contributed by atoms with Crippen LogP contribution in [0.25, 0.3) is 0 Å². The van der Waals surface area contributed by atoms with E-state index in [4.69, 9.17) is 0 Å². The molecule has 2 fully saturated rings. The largest absolute Gasteiger partial charge is 0.543 e. The molecule has 2 saturated heterocycles. The Kier molecular flexibility index (Phi) is 5.06. The van der Waals surface area contributed by atoms with Gasteiger partial charge in [-0.15, -0.1) is 11.8 Å². The third-order valence-electron chi connectivity index (χ3n) is 4.56. The molecule has 3 heterocycles. The van der Waals surface area contributed by atoms with E-state index < -0.39 is 23.4 Å². The van der Waals surface area contributed by atoms with Gasteiger partial charge in [0.1, 0.15) is 5.37 Å². The minimum atomic E-state index is -1.39. The number of aliphatic carboxylic acids is 1. The van der Waals surface area contributed by atoms with Crippen molar-refractivity contribution >= 4 is 41.3 Å². The van der Waals surface area contributed by atoms with Gasteiger partial charge in [-0.2, -0.15) is 0 Å². The van der Waals surface area contributed by atoms with Crippen LogP contribution in [-0.4, -0.2) is 76.1 Å². The molecule has 25 heavy (non-hydrogen) atoms. The molecule has 0 unspecified atom stereocenters. The third-order valence-corrected chi connectivity index (χ3v) is 7.39. The van der Waals surface area contributed by atoms with Crippen LogP contribution in [0.4, 0.5) is 0 Å². The van der Waals surface area contributed by atoms with Gasteiger partial charge >= 0.3 is 0 Å². The van der Waals surface area contributed by atoms with Crippen LogP contribution in [-0.2, 0) is 14.4 Å². The van der Waals surface area contributed by atoms with E-state index in [9.17, 15) is 24.6 Å². The molecule has 0 aromatic carbocycles. The molecule has 8 nitrogen and oxygen atoms in total. The molecule has 0 aliphatic carbocycles. The predicted molar refractivity (Wildman–Crippen MR) is 91.9 cm³/mol. The first-order valence-electron chi connectivity index (χ1n) is 7.97. The van der Waals surface area contributed by atoms with Gasteiger partial charge in [-0.1, -0.05) is 11.8 Å². The standard InChI is InChI=1S/C15H21N3O5S2/c1-6(19)9-12(21)18-10(14(22)23)15(25-13(9)18)24-7-4-8(16-5-7)11(20)17(2)3/h6-9,13,16,19H,4-5H2,1-3H3,(H,22,23)/p-1/t6-,7+,8+,9+,13-/m1/s1. The van der Waals surface area contributed by atoms with Crippen LogP contribution in [0.5, 0.6) is 0 Å². The predicted octanol–water partition coefficient (Wildman–Crippen LogP) is -1.63. The summed E-state index contributed by atoms with van der Waals surface area (Å²) in [5.74, 6) is -2.37. The number of nitrogens with one attached hydrogen (secondary N) is 1. The summed E-state index contributed by atoms with van der Waals surface area (Å²) in [6.45, 7) is 2.11. The molecule has 2 N–H and O–H groups in total. The molecule has 0 aromatic heterocycles. The number of aliphatic hydroxyl groups excluding tert-OH is 1. The summed E-state index contributed by atoms with van der Waals surface area (Å²) in [4.78, 5) is 38.5. The van der Waals surface area contributed by atoms with Crippen molar-refractivity contribution < 1.29 is 24.6 Å². The number of amides is 2. The van der Waals surface area contributed by atoms with E-state index in [0.29, 0.717) is 17.2 Å². The van der Waals surface area contributed by atoms with Gasteiger partial charge in [0.2, 0.25) is 11.8 Å². The second kappa shape index (κ2) is 6.82. The van der Waals surface area contributed by atoms with Gasteiger partial charge in [-0.05, 0) is 13.3 Å². The average Bonchev–Trinajstić information content (AvgIpc) is 3.09. The smallest absolute Gasteiger partial charge is 0.239 e. The summed E-state index contributed by atoms with van der Waals surface area (Å²) in [5.41, 5.74) is -0.107. The maximum absolute atomic E-state index is 12.2. The fraction of sp³-hybridized carbons (Fsp3) is 0.667. The van der Waals surface area contributed by atoms with Gasteiger partial charge in [-0.25, -0.2) is 0 Å². The van der Waals surface area contributed by atoms with Crippen LogP contribution in [0.2, 0.25) is 0 Å². The number of aliphatic hydroxyl groups is 1. The van der Waals surface area contributed by atoms with E-state index >= 15 is 0 Å². The van der Waals surface area contributed by atoms with E-state index in [-0.39, 0.29) is 28.8 Å². The minimum Gasteiger partial charge on any atom is -0.543 e. The molecule has 3 aliphatic heterocycles. The molecule has 10 heteroatoms. The Balaban J connectivity index is 1.71. The highest BCUT2D eigenvalue weighted by Crippen LogP contribution is 2.54. The zero-order valence-electron chi connectivity index (χ0n) is 14.1. The summed E-state index contributed by atoms with van der Waals surface area (Å²) < 4.78 is 0.520. The number of thioether (sulfide) groups is 2. The van der Waals surface area contributed by atoms with Crippen molar-refractivity contribution in [2.24, 2.45) is 5.92 Å². The van der Waals surface area contributed by atoms with Gasteiger partial charge < -0.3 is 25.2 Å². The lowest BCUT2D eigenvalue weighted by molar-refractivity contribution is -0.301. The number of carbonyl (C=O) groups is 3. The van der Waals surface area contributed by atoms with Crippen molar-refractivity contribution in [2.75, 3.05) is 20.6 Å². The Morgan fingerprint density at radius 1 is 1.48 bits per heavy atom. The van der Waals surface area contributed by atoms with Crippen LogP contribution in [0.15, 0.2) is 9.93 Å². The molecule has 3 rings (SSSR count). The van der Waals surface area contributed by atoms with Crippen LogP contribution in [0.3, 0.4) is 0 Å². The molecule has 0 radical (unpaired) electrons. The Morgan fingerprint density at radius 2 is 2.16 bits per heavy atom. The number of fused-ring (bicyclic) bond motifs is 1.